The molecule has 0 spiro atoms. The fourth-order valence-corrected chi connectivity index (χ4v) is 4.79. The van der Waals surface area contributed by atoms with Crippen LogP contribution in [-0.2, 0) is 15.8 Å². The van der Waals surface area contributed by atoms with E-state index in [2.05, 4.69) is 82.5 Å². The van der Waals surface area contributed by atoms with Gasteiger partial charge in [-0.2, -0.15) is 15.5 Å². The van der Waals surface area contributed by atoms with Crippen molar-refractivity contribution in [3.8, 4) is 12.1 Å². The molecule has 186 valence electrons. The fourth-order valence-electron chi connectivity index (χ4n) is 3.41. The summed E-state index contributed by atoms with van der Waals surface area (Å²) in [5, 5.41) is 25.8. The maximum Gasteiger partial charge on any atom is 0.229 e. The van der Waals surface area contributed by atoms with Crippen LogP contribution in [0, 0.1) is 35.5 Å². The van der Waals surface area contributed by atoms with Gasteiger partial charge >= 0.3 is 0 Å². The highest BCUT2D eigenvalue weighted by atomic mass is 79.9. The molecule has 0 bridgehead atoms. The molecule has 0 radical (unpaired) electrons. The lowest BCUT2D eigenvalue weighted by Gasteiger charge is -2.36. The van der Waals surface area contributed by atoms with Gasteiger partial charge in [-0.3, -0.25) is 0 Å². The van der Waals surface area contributed by atoms with Gasteiger partial charge in [0.25, 0.3) is 0 Å². The van der Waals surface area contributed by atoms with Crippen LogP contribution in [0.15, 0.2) is 22.8 Å². The number of nitriles is 2. The van der Waals surface area contributed by atoms with Crippen molar-refractivity contribution in [3.63, 3.8) is 0 Å². The average molecular weight is 558 g/mol. The zero-order valence-corrected chi connectivity index (χ0v) is 23.8. The molecule has 2 atom stereocenters. The molecule has 1 aromatic carbocycles. The summed E-state index contributed by atoms with van der Waals surface area (Å²) >= 11 is 3.57. The van der Waals surface area contributed by atoms with Crippen LogP contribution in [0.1, 0.15) is 43.9 Å². The Morgan fingerprint density at radius 2 is 2.03 bits per heavy atom. The number of halogens is 1. The van der Waals surface area contributed by atoms with Crippen LogP contribution in [0.25, 0.3) is 0 Å². The van der Waals surface area contributed by atoms with Crippen LogP contribution in [0.2, 0.25) is 18.1 Å². The topological polar surface area (TPSA) is 116 Å². The first-order valence-electron chi connectivity index (χ1n) is 11.7. The smallest absolute Gasteiger partial charge is 0.229 e. The van der Waals surface area contributed by atoms with Crippen LogP contribution >= 0.6 is 15.9 Å². The molecule has 1 fully saturated rings. The van der Waals surface area contributed by atoms with Gasteiger partial charge in [-0.05, 0) is 65.1 Å². The molecular formula is C25H33BrN6O2Si. The van der Waals surface area contributed by atoms with Crippen molar-refractivity contribution in [1.29, 1.82) is 10.5 Å². The second-order valence-electron chi connectivity index (χ2n) is 10.4. The fraction of sp³-hybridized carbons (Fsp3) is 0.520. The lowest BCUT2D eigenvalue weighted by Crippen LogP contribution is -2.40. The third kappa shape index (κ3) is 6.59. The third-order valence-electron chi connectivity index (χ3n) is 6.74. The summed E-state index contributed by atoms with van der Waals surface area (Å²) in [6.45, 7) is 14.4. The molecule has 2 N–H and O–H groups in total. The molecule has 0 unspecified atom stereocenters. The summed E-state index contributed by atoms with van der Waals surface area (Å²) in [5.41, 5.74) is 2.96. The SMILES string of the molecule is Cc1cnc(Nc2cc(C#N)c(Br)c(CO[Si](C)(C)C(C)(C)C)c2)nc1N[C@@H]1COCC[C@H]1C#N. The number of aryl methyl sites for hydroxylation is 1. The highest BCUT2D eigenvalue weighted by molar-refractivity contribution is 9.10. The van der Waals surface area contributed by atoms with Gasteiger partial charge in [-0.15, -0.1) is 0 Å². The van der Waals surface area contributed by atoms with Crippen molar-refractivity contribution in [2.75, 3.05) is 23.8 Å². The number of rotatable bonds is 7. The van der Waals surface area contributed by atoms with Crippen LogP contribution in [0.4, 0.5) is 17.5 Å². The Kier molecular flexibility index (Phi) is 8.55. The van der Waals surface area contributed by atoms with E-state index in [1.54, 1.807) is 12.3 Å². The Morgan fingerprint density at radius 1 is 1.29 bits per heavy atom. The maximum absolute atomic E-state index is 9.68. The first-order chi connectivity index (χ1) is 16.4. The summed E-state index contributed by atoms with van der Waals surface area (Å²) in [6, 6.07) is 8.19. The monoisotopic (exact) mass is 556 g/mol. The predicted molar refractivity (Wildman–Crippen MR) is 143 cm³/mol. The number of benzene rings is 1. The number of anilines is 3. The molecule has 1 aliphatic heterocycles. The Hall–Kier alpha value is -2.50. The van der Waals surface area contributed by atoms with E-state index in [1.807, 2.05) is 13.0 Å². The van der Waals surface area contributed by atoms with Crippen LogP contribution < -0.4 is 10.6 Å². The second kappa shape index (κ2) is 11.0. The summed E-state index contributed by atoms with van der Waals surface area (Å²) in [4.78, 5) is 9.05. The first kappa shape index (κ1) is 27.1. The van der Waals surface area contributed by atoms with E-state index in [4.69, 9.17) is 9.16 Å². The first-order valence-corrected chi connectivity index (χ1v) is 15.4. The van der Waals surface area contributed by atoms with E-state index in [-0.39, 0.29) is 17.0 Å². The van der Waals surface area contributed by atoms with Crippen molar-refractivity contribution in [1.82, 2.24) is 9.97 Å². The minimum Gasteiger partial charge on any atom is -0.413 e. The molecule has 8 nitrogen and oxygen atoms in total. The number of nitrogens with zero attached hydrogens (tertiary/aromatic N) is 4. The predicted octanol–water partition coefficient (Wildman–Crippen LogP) is 6.03. The maximum atomic E-state index is 9.68. The van der Waals surface area contributed by atoms with Gasteiger partial charge in [-0.25, -0.2) is 4.98 Å². The van der Waals surface area contributed by atoms with Gasteiger partial charge in [0, 0.05) is 28.5 Å². The standard InChI is InChI=1S/C25H33BrN6O2Si/c1-16-13-29-24(32-23(16)31-21-15-33-8-7-17(21)11-27)30-20-9-18(12-28)22(26)19(10-20)14-34-35(5,6)25(2,3)4/h9-10,13,17,21H,7-8,14-15H2,1-6H3,(H2,29,30,31,32)/t17-,21+/m0/s1. The van der Waals surface area contributed by atoms with Crippen LogP contribution in [0.3, 0.4) is 0 Å². The lowest BCUT2D eigenvalue weighted by atomic mass is 9.96. The Balaban J connectivity index is 1.83. The summed E-state index contributed by atoms with van der Waals surface area (Å²) in [5.74, 6) is 0.908. The van der Waals surface area contributed by atoms with Crippen LogP contribution in [-0.4, -0.2) is 37.5 Å². The van der Waals surface area contributed by atoms with Gasteiger partial charge < -0.3 is 19.8 Å². The molecule has 1 saturated heterocycles. The summed E-state index contributed by atoms with van der Waals surface area (Å²) in [7, 11) is -1.96. The number of hydrogen-bond acceptors (Lipinski definition) is 8. The van der Waals surface area contributed by atoms with E-state index in [9.17, 15) is 10.5 Å². The lowest BCUT2D eigenvalue weighted by molar-refractivity contribution is 0.0698. The van der Waals surface area contributed by atoms with Gasteiger partial charge in [0.2, 0.25) is 5.95 Å². The normalized spacial score (nSPS) is 18.4. The minimum atomic E-state index is -1.96. The Bertz CT molecular complexity index is 1150. The summed E-state index contributed by atoms with van der Waals surface area (Å²) in [6.07, 6.45) is 2.42. The van der Waals surface area contributed by atoms with Crippen molar-refractivity contribution in [2.45, 2.75) is 64.9 Å². The average Bonchev–Trinajstić information content (AvgIpc) is 2.81. The zero-order valence-electron chi connectivity index (χ0n) is 21.2. The Morgan fingerprint density at radius 3 is 2.69 bits per heavy atom. The molecule has 2 heterocycles. The van der Waals surface area contributed by atoms with E-state index in [0.717, 1.165) is 15.6 Å². The van der Waals surface area contributed by atoms with E-state index < -0.39 is 8.32 Å². The van der Waals surface area contributed by atoms with Gasteiger partial charge in [0.15, 0.2) is 8.32 Å². The van der Waals surface area contributed by atoms with E-state index >= 15 is 0 Å². The number of hydrogen-bond donors (Lipinski definition) is 2. The molecule has 0 saturated carbocycles. The summed E-state index contributed by atoms with van der Waals surface area (Å²) < 4.78 is 12.7. The van der Waals surface area contributed by atoms with Gasteiger partial charge in [-0.1, -0.05) is 20.8 Å². The Labute approximate surface area is 217 Å². The number of ether oxygens (including phenoxy) is 1. The largest absolute Gasteiger partial charge is 0.413 e. The second-order valence-corrected chi connectivity index (χ2v) is 16.0. The molecule has 35 heavy (non-hydrogen) atoms. The molecular weight excluding hydrogens is 524 g/mol. The van der Waals surface area contributed by atoms with Crippen molar-refractivity contribution >= 4 is 41.7 Å². The highest BCUT2D eigenvalue weighted by Gasteiger charge is 2.37. The van der Waals surface area contributed by atoms with E-state index in [1.165, 1.54) is 0 Å². The van der Waals surface area contributed by atoms with Gasteiger partial charge in [0.1, 0.15) is 11.9 Å². The molecule has 0 amide bonds. The molecule has 1 aliphatic rings. The quantitative estimate of drug-likeness (QED) is 0.397. The zero-order chi connectivity index (χ0) is 25.8. The number of nitrogens with one attached hydrogen (secondary N) is 2. The molecule has 0 aliphatic carbocycles. The van der Waals surface area contributed by atoms with Crippen molar-refractivity contribution in [2.24, 2.45) is 5.92 Å². The number of aromatic nitrogens is 2. The third-order valence-corrected chi connectivity index (χ3v) is 12.2. The highest BCUT2D eigenvalue weighted by Crippen LogP contribution is 2.38. The molecule has 2 aromatic rings. The molecule has 3 rings (SSSR count). The minimum absolute atomic E-state index is 0.0838. The molecule has 1 aromatic heterocycles. The molecule has 10 heteroatoms. The van der Waals surface area contributed by atoms with Crippen molar-refractivity contribution < 1.29 is 9.16 Å². The van der Waals surface area contributed by atoms with Crippen LogP contribution in [0.5, 0.6) is 0 Å². The van der Waals surface area contributed by atoms with Crippen molar-refractivity contribution in [3.05, 3.63) is 39.5 Å². The van der Waals surface area contributed by atoms with E-state index in [0.29, 0.717) is 49.3 Å². The van der Waals surface area contributed by atoms with Gasteiger partial charge in [0.05, 0.1) is 36.8 Å².